The SMILES string of the molecule is CCCC[C@H](CC=C[C@H]1CCC(=O)[C@@H]1CC=CCCC(O)(O)C(=O)OC)C1CC1. The second kappa shape index (κ2) is 11.7. The maximum absolute atomic E-state index is 12.3. The zero-order chi connectivity index (χ0) is 21.3. The molecule has 2 N–H and O–H groups in total. The Hall–Kier alpha value is -1.46. The molecule has 0 radical (unpaired) electrons. The quantitative estimate of drug-likeness (QED) is 0.270. The van der Waals surface area contributed by atoms with Crippen LogP contribution in [-0.4, -0.2) is 34.9 Å². The number of unbranched alkanes of at least 4 members (excludes halogenated alkanes) is 1. The normalized spacial score (nSPS) is 23.9. The fourth-order valence-electron chi connectivity index (χ4n) is 4.39. The lowest BCUT2D eigenvalue weighted by molar-refractivity contribution is -0.208. The Kier molecular flexibility index (Phi) is 9.57. The van der Waals surface area contributed by atoms with Crippen LogP contribution in [0.3, 0.4) is 0 Å². The number of hydrogen-bond donors (Lipinski definition) is 2. The molecule has 0 spiro atoms. The first-order valence-electron chi connectivity index (χ1n) is 11.3. The average Bonchev–Trinajstić information content (AvgIpc) is 3.48. The Morgan fingerprint density at radius 2 is 2.00 bits per heavy atom. The van der Waals surface area contributed by atoms with Crippen LogP contribution in [-0.2, 0) is 14.3 Å². The van der Waals surface area contributed by atoms with Gasteiger partial charge in [0.05, 0.1) is 7.11 Å². The predicted molar refractivity (Wildman–Crippen MR) is 113 cm³/mol. The van der Waals surface area contributed by atoms with Crippen molar-refractivity contribution < 1.29 is 24.5 Å². The molecule has 0 amide bonds. The minimum Gasteiger partial charge on any atom is -0.465 e. The Morgan fingerprint density at radius 1 is 1.24 bits per heavy atom. The van der Waals surface area contributed by atoms with Gasteiger partial charge in [-0.3, -0.25) is 4.79 Å². The van der Waals surface area contributed by atoms with Crippen molar-refractivity contribution in [1.82, 2.24) is 0 Å². The van der Waals surface area contributed by atoms with Crippen molar-refractivity contribution in [2.75, 3.05) is 7.11 Å². The number of Topliss-reactive ketones (excluding diaryl/α,β-unsaturated/α-hetero) is 1. The van der Waals surface area contributed by atoms with E-state index in [1.54, 1.807) is 0 Å². The lowest BCUT2D eigenvalue weighted by Gasteiger charge is -2.17. The number of esters is 1. The van der Waals surface area contributed by atoms with E-state index in [9.17, 15) is 19.8 Å². The van der Waals surface area contributed by atoms with Gasteiger partial charge < -0.3 is 14.9 Å². The number of ketones is 1. The van der Waals surface area contributed by atoms with Gasteiger partial charge in [-0.25, -0.2) is 4.79 Å². The van der Waals surface area contributed by atoms with Gasteiger partial charge in [0.25, 0.3) is 5.79 Å². The Morgan fingerprint density at radius 3 is 2.66 bits per heavy atom. The van der Waals surface area contributed by atoms with Crippen LogP contribution in [0.25, 0.3) is 0 Å². The van der Waals surface area contributed by atoms with E-state index < -0.39 is 11.8 Å². The highest BCUT2D eigenvalue weighted by atomic mass is 16.6. The van der Waals surface area contributed by atoms with Gasteiger partial charge in [-0.05, 0) is 62.7 Å². The van der Waals surface area contributed by atoms with Gasteiger partial charge in [0.1, 0.15) is 5.78 Å². The molecule has 2 rings (SSSR count). The number of ether oxygens (including phenoxy) is 1. The molecule has 29 heavy (non-hydrogen) atoms. The van der Waals surface area contributed by atoms with Crippen LogP contribution in [0, 0.1) is 23.7 Å². The first kappa shape index (κ1) is 23.8. The van der Waals surface area contributed by atoms with Gasteiger partial charge in [0.2, 0.25) is 0 Å². The molecule has 0 aromatic carbocycles. The van der Waals surface area contributed by atoms with Crippen molar-refractivity contribution >= 4 is 11.8 Å². The van der Waals surface area contributed by atoms with Crippen molar-refractivity contribution in [3.8, 4) is 0 Å². The second-order valence-corrected chi connectivity index (χ2v) is 8.73. The fourth-order valence-corrected chi connectivity index (χ4v) is 4.39. The van der Waals surface area contributed by atoms with Crippen molar-refractivity contribution in [3.63, 3.8) is 0 Å². The summed E-state index contributed by atoms with van der Waals surface area (Å²) in [6.45, 7) is 2.25. The number of methoxy groups -OCH3 is 1. The summed E-state index contributed by atoms with van der Waals surface area (Å²) in [7, 11) is 1.12. The van der Waals surface area contributed by atoms with Gasteiger partial charge in [-0.1, -0.05) is 44.1 Å². The third kappa shape index (κ3) is 7.71. The minimum atomic E-state index is -2.45. The number of carbonyl (C=O) groups excluding carboxylic acids is 2. The zero-order valence-electron chi connectivity index (χ0n) is 18.0. The topological polar surface area (TPSA) is 83.8 Å². The maximum atomic E-state index is 12.3. The van der Waals surface area contributed by atoms with Gasteiger partial charge in [0.15, 0.2) is 0 Å². The van der Waals surface area contributed by atoms with Crippen molar-refractivity contribution in [3.05, 3.63) is 24.3 Å². The minimum absolute atomic E-state index is 0.0196. The standard InChI is InChI=1S/C24H38O5/c1-3-4-9-18(19-13-14-19)10-8-11-20-15-16-22(25)21(20)12-6-5-7-17-24(27,28)23(26)29-2/h5-6,8,11,18-21,27-28H,3-4,7,9-10,12-17H2,1-2H3/t18-,20+,21-/m1/s1. The van der Waals surface area contributed by atoms with Gasteiger partial charge in [0, 0.05) is 18.8 Å². The molecule has 0 saturated heterocycles. The summed E-state index contributed by atoms with van der Waals surface area (Å²) in [4.78, 5) is 23.5. The lowest BCUT2D eigenvalue weighted by atomic mass is 9.89. The Bertz CT molecular complexity index is 588. The van der Waals surface area contributed by atoms with E-state index in [0.29, 0.717) is 31.0 Å². The highest BCUT2D eigenvalue weighted by molar-refractivity contribution is 5.83. The largest absolute Gasteiger partial charge is 0.465 e. The highest BCUT2D eigenvalue weighted by Crippen LogP contribution is 2.41. The fraction of sp³-hybridized carbons (Fsp3) is 0.750. The van der Waals surface area contributed by atoms with Gasteiger partial charge in [-0.2, -0.15) is 0 Å². The number of allylic oxidation sites excluding steroid dienone is 4. The van der Waals surface area contributed by atoms with Crippen LogP contribution in [0.5, 0.6) is 0 Å². The summed E-state index contributed by atoms with van der Waals surface area (Å²) in [5, 5.41) is 19.2. The van der Waals surface area contributed by atoms with E-state index in [2.05, 4.69) is 23.8 Å². The summed E-state index contributed by atoms with van der Waals surface area (Å²) in [6.07, 6.45) is 18.6. The summed E-state index contributed by atoms with van der Waals surface area (Å²) in [5.74, 6) is -1.12. The molecule has 0 aromatic rings. The summed E-state index contributed by atoms with van der Waals surface area (Å²) in [5.41, 5.74) is 0. The number of rotatable bonds is 13. The average molecular weight is 407 g/mol. The van der Waals surface area contributed by atoms with Crippen LogP contribution < -0.4 is 0 Å². The molecule has 0 bridgehead atoms. The summed E-state index contributed by atoms with van der Waals surface area (Å²) < 4.78 is 4.36. The van der Waals surface area contributed by atoms with Crippen LogP contribution in [0.15, 0.2) is 24.3 Å². The summed E-state index contributed by atoms with van der Waals surface area (Å²) >= 11 is 0. The monoisotopic (exact) mass is 406 g/mol. The smallest absolute Gasteiger partial charge is 0.366 e. The molecule has 2 aliphatic carbocycles. The first-order valence-corrected chi connectivity index (χ1v) is 11.3. The molecule has 0 unspecified atom stereocenters. The van der Waals surface area contributed by atoms with E-state index in [4.69, 9.17) is 0 Å². The molecular weight excluding hydrogens is 368 g/mol. The third-order valence-electron chi connectivity index (χ3n) is 6.42. The Labute approximate surface area is 175 Å². The molecule has 5 nitrogen and oxygen atoms in total. The Balaban J connectivity index is 1.78. The van der Waals surface area contributed by atoms with Crippen LogP contribution >= 0.6 is 0 Å². The van der Waals surface area contributed by atoms with E-state index in [1.807, 2.05) is 12.2 Å². The van der Waals surface area contributed by atoms with E-state index in [0.717, 1.165) is 31.8 Å². The van der Waals surface area contributed by atoms with Gasteiger partial charge in [-0.15, -0.1) is 0 Å². The van der Waals surface area contributed by atoms with Gasteiger partial charge >= 0.3 is 5.97 Å². The zero-order valence-corrected chi connectivity index (χ0v) is 18.0. The third-order valence-corrected chi connectivity index (χ3v) is 6.42. The maximum Gasteiger partial charge on any atom is 0.366 e. The van der Waals surface area contributed by atoms with E-state index in [-0.39, 0.29) is 12.3 Å². The second-order valence-electron chi connectivity index (χ2n) is 8.73. The van der Waals surface area contributed by atoms with Crippen LogP contribution in [0.2, 0.25) is 0 Å². The number of carbonyl (C=O) groups is 2. The lowest BCUT2D eigenvalue weighted by Crippen LogP contribution is -2.39. The van der Waals surface area contributed by atoms with E-state index >= 15 is 0 Å². The predicted octanol–water partition coefficient (Wildman–Crippen LogP) is 4.32. The van der Waals surface area contributed by atoms with E-state index in [1.165, 1.54) is 32.1 Å². The molecule has 2 saturated carbocycles. The molecule has 0 heterocycles. The molecule has 2 aliphatic rings. The van der Waals surface area contributed by atoms with Crippen LogP contribution in [0.1, 0.15) is 77.6 Å². The number of aliphatic hydroxyl groups is 2. The molecule has 2 fully saturated rings. The van der Waals surface area contributed by atoms with Crippen molar-refractivity contribution in [2.45, 2.75) is 83.3 Å². The molecule has 0 aromatic heterocycles. The summed E-state index contributed by atoms with van der Waals surface area (Å²) in [6, 6.07) is 0. The molecule has 0 aliphatic heterocycles. The number of hydrogen-bond acceptors (Lipinski definition) is 5. The highest BCUT2D eigenvalue weighted by Gasteiger charge is 2.34. The molecule has 164 valence electrons. The molecular formula is C24H38O5. The van der Waals surface area contributed by atoms with Crippen molar-refractivity contribution in [2.24, 2.45) is 23.7 Å². The van der Waals surface area contributed by atoms with Crippen molar-refractivity contribution in [1.29, 1.82) is 0 Å². The molecule has 3 atom stereocenters. The molecule has 5 heteroatoms. The first-order chi connectivity index (χ1) is 13.9. The van der Waals surface area contributed by atoms with Crippen LogP contribution in [0.4, 0.5) is 0 Å².